The van der Waals surface area contributed by atoms with E-state index in [4.69, 9.17) is 4.74 Å². The fourth-order valence-corrected chi connectivity index (χ4v) is 2.38. The van der Waals surface area contributed by atoms with Gasteiger partial charge in [-0.25, -0.2) is 9.97 Å². The van der Waals surface area contributed by atoms with E-state index in [2.05, 4.69) is 9.97 Å². The van der Waals surface area contributed by atoms with Crippen molar-refractivity contribution in [1.82, 2.24) is 14.9 Å². The number of hydrogen-bond donors (Lipinski definition) is 0. The van der Waals surface area contributed by atoms with Crippen molar-refractivity contribution in [2.75, 3.05) is 44.3 Å². The molecule has 2 aliphatic rings. The molecule has 0 aromatic carbocycles. The van der Waals surface area contributed by atoms with Crippen molar-refractivity contribution in [3.63, 3.8) is 0 Å². The second kappa shape index (κ2) is 7.36. The number of nitrogens with zero attached hydrogens (tertiary/aromatic N) is 4. The molecule has 2 fully saturated rings. The fraction of sp³-hybridized carbons (Fsp3) is 0.538. The van der Waals surface area contributed by atoms with Crippen LogP contribution in [0.1, 0.15) is 10.5 Å². The van der Waals surface area contributed by atoms with Crippen molar-refractivity contribution in [3.8, 4) is 0 Å². The van der Waals surface area contributed by atoms with Crippen LogP contribution in [0.5, 0.6) is 0 Å². The fourth-order valence-electron chi connectivity index (χ4n) is 2.38. The van der Waals surface area contributed by atoms with Crippen LogP contribution in [-0.2, 0) is 9.53 Å². The van der Waals surface area contributed by atoms with Crippen molar-refractivity contribution >= 4 is 17.8 Å². The Morgan fingerprint density at radius 2 is 1.91 bits per heavy atom. The third-order valence-electron chi connectivity index (χ3n) is 3.71. The van der Waals surface area contributed by atoms with Gasteiger partial charge >= 0.3 is 29.6 Å². The maximum absolute atomic E-state index is 12.1. The number of ether oxygens (including phenoxy) is 1. The first kappa shape index (κ1) is 17.1. The van der Waals surface area contributed by atoms with Gasteiger partial charge in [-0.1, -0.05) is 0 Å². The molecule has 112 valence electrons. The number of carboxylic acid groups (broad SMARTS) is 1. The van der Waals surface area contributed by atoms with Crippen molar-refractivity contribution in [2.45, 2.75) is 0 Å². The third kappa shape index (κ3) is 3.57. The van der Waals surface area contributed by atoms with Gasteiger partial charge in [-0.05, 0) is 6.07 Å². The molecule has 9 heteroatoms. The zero-order chi connectivity index (χ0) is 14.8. The van der Waals surface area contributed by atoms with Gasteiger partial charge in [-0.3, -0.25) is 4.79 Å². The molecule has 0 spiro atoms. The molecule has 0 aliphatic carbocycles. The second-order valence-electron chi connectivity index (χ2n) is 5.08. The SMILES string of the molecule is O=C([O-])c1ccnc(N2CCN(C(=O)C3COC3)CC2)n1.[Na+]. The Labute approximate surface area is 149 Å². The minimum absolute atomic E-state index is 0. The summed E-state index contributed by atoms with van der Waals surface area (Å²) in [5.74, 6) is -0.840. The number of anilines is 1. The zero-order valence-corrected chi connectivity index (χ0v) is 14.4. The molecule has 0 unspecified atom stereocenters. The van der Waals surface area contributed by atoms with E-state index in [9.17, 15) is 14.7 Å². The number of aromatic carboxylic acids is 1. The van der Waals surface area contributed by atoms with Crippen molar-refractivity contribution < 1.29 is 49.0 Å². The predicted octanol–water partition coefficient (Wildman–Crippen LogP) is -4.86. The number of piperazine rings is 1. The molecule has 8 nitrogen and oxygen atoms in total. The van der Waals surface area contributed by atoms with E-state index in [0.29, 0.717) is 45.3 Å². The number of carboxylic acids is 1. The van der Waals surface area contributed by atoms with Gasteiger partial charge in [-0.2, -0.15) is 0 Å². The summed E-state index contributed by atoms with van der Waals surface area (Å²) >= 11 is 0. The van der Waals surface area contributed by atoms with Crippen molar-refractivity contribution in [2.24, 2.45) is 5.92 Å². The van der Waals surface area contributed by atoms with Gasteiger partial charge < -0.3 is 24.4 Å². The van der Waals surface area contributed by atoms with Crippen LogP contribution < -0.4 is 39.6 Å². The van der Waals surface area contributed by atoms with Crippen LogP contribution >= 0.6 is 0 Å². The normalized spacial score (nSPS) is 18.4. The molecule has 1 amide bonds. The topological polar surface area (TPSA) is 98.7 Å². The van der Waals surface area contributed by atoms with E-state index >= 15 is 0 Å². The van der Waals surface area contributed by atoms with Gasteiger partial charge in [0.2, 0.25) is 11.9 Å². The van der Waals surface area contributed by atoms with Crippen LogP contribution in [0.25, 0.3) is 0 Å². The average Bonchev–Trinajstić information content (AvgIpc) is 2.46. The first-order valence-corrected chi connectivity index (χ1v) is 6.81. The monoisotopic (exact) mass is 314 g/mol. The number of carbonyl (C=O) groups is 2. The maximum Gasteiger partial charge on any atom is 1.00 e. The van der Waals surface area contributed by atoms with Crippen LogP contribution in [0.3, 0.4) is 0 Å². The number of amides is 1. The average molecular weight is 314 g/mol. The first-order chi connectivity index (χ1) is 10.1. The summed E-state index contributed by atoms with van der Waals surface area (Å²) in [6, 6.07) is 1.30. The summed E-state index contributed by atoms with van der Waals surface area (Å²) in [5.41, 5.74) is -0.134. The van der Waals surface area contributed by atoms with Gasteiger partial charge in [0.05, 0.1) is 30.8 Å². The summed E-state index contributed by atoms with van der Waals surface area (Å²) in [7, 11) is 0. The third-order valence-corrected chi connectivity index (χ3v) is 3.71. The summed E-state index contributed by atoms with van der Waals surface area (Å²) in [4.78, 5) is 34.6. The summed E-state index contributed by atoms with van der Waals surface area (Å²) in [5, 5.41) is 10.8. The number of aromatic nitrogens is 2. The first-order valence-electron chi connectivity index (χ1n) is 6.81. The molecular weight excluding hydrogens is 299 g/mol. The molecule has 3 heterocycles. The number of hydrogen-bond acceptors (Lipinski definition) is 7. The molecule has 0 radical (unpaired) electrons. The number of carbonyl (C=O) groups excluding carboxylic acids is 2. The number of rotatable bonds is 3. The minimum atomic E-state index is -1.32. The molecule has 2 saturated heterocycles. The summed E-state index contributed by atoms with van der Waals surface area (Å²) in [6.07, 6.45) is 1.40. The minimum Gasteiger partial charge on any atom is -0.543 e. The Kier molecular flexibility index (Phi) is 5.74. The molecule has 2 aliphatic heterocycles. The Hall–Kier alpha value is -1.22. The quantitative estimate of drug-likeness (QED) is 0.516. The van der Waals surface area contributed by atoms with Gasteiger partial charge in [0.1, 0.15) is 0 Å². The van der Waals surface area contributed by atoms with Gasteiger partial charge in [0, 0.05) is 32.4 Å². The van der Waals surface area contributed by atoms with E-state index in [1.54, 1.807) is 0 Å². The maximum atomic E-state index is 12.1. The summed E-state index contributed by atoms with van der Waals surface area (Å²) < 4.78 is 5.03. The van der Waals surface area contributed by atoms with E-state index in [-0.39, 0.29) is 47.1 Å². The molecule has 22 heavy (non-hydrogen) atoms. The van der Waals surface area contributed by atoms with E-state index in [1.165, 1.54) is 12.3 Å². The molecule has 0 atom stereocenters. The Morgan fingerprint density at radius 3 is 2.45 bits per heavy atom. The standard InChI is InChI=1S/C13H16N4O4.Na/c18-11(9-7-21-8-9)16-3-5-17(6-4-16)13-14-2-1-10(15-13)12(19)20;/h1-2,9H,3-8H2,(H,19,20);/q;+1/p-1. The van der Waals surface area contributed by atoms with E-state index in [1.807, 2.05) is 9.80 Å². The smallest absolute Gasteiger partial charge is 0.543 e. The van der Waals surface area contributed by atoms with Gasteiger partial charge in [0.25, 0.3) is 0 Å². The van der Waals surface area contributed by atoms with E-state index < -0.39 is 5.97 Å². The van der Waals surface area contributed by atoms with Gasteiger partial charge in [-0.15, -0.1) is 0 Å². The van der Waals surface area contributed by atoms with Crippen LogP contribution in [0.15, 0.2) is 12.3 Å². The Bertz CT molecular complexity index is 559. The molecule has 1 aromatic heterocycles. The van der Waals surface area contributed by atoms with Crippen LogP contribution in [-0.4, -0.2) is 66.1 Å². The van der Waals surface area contributed by atoms with Crippen molar-refractivity contribution in [3.05, 3.63) is 18.0 Å². The van der Waals surface area contributed by atoms with Gasteiger partial charge in [0.15, 0.2) is 0 Å². The predicted molar refractivity (Wildman–Crippen MR) is 69.5 cm³/mol. The van der Waals surface area contributed by atoms with Crippen molar-refractivity contribution in [1.29, 1.82) is 0 Å². The second-order valence-corrected chi connectivity index (χ2v) is 5.08. The summed E-state index contributed by atoms with van der Waals surface area (Å²) in [6.45, 7) is 3.33. The molecule has 0 N–H and O–H groups in total. The molecule has 3 rings (SSSR count). The van der Waals surface area contributed by atoms with Crippen LogP contribution in [0, 0.1) is 5.92 Å². The van der Waals surface area contributed by atoms with Crippen LogP contribution in [0.4, 0.5) is 5.95 Å². The Balaban J connectivity index is 0.00000176. The molecule has 1 aromatic rings. The van der Waals surface area contributed by atoms with E-state index in [0.717, 1.165) is 0 Å². The largest absolute Gasteiger partial charge is 1.00 e. The Morgan fingerprint density at radius 1 is 1.23 bits per heavy atom. The zero-order valence-electron chi connectivity index (χ0n) is 12.4. The molecular formula is C13H15N4NaO4. The molecule has 0 bridgehead atoms. The molecule has 0 saturated carbocycles. The van der Waals surface area contributed by atoms with Crippen LogP contribution in [0.2, 0.25) is 0 Å².